The molecule has 86 valence electrons. The summed E-state index contributed by atoms with van der Waals surface area (Å²) in [5, 5.41) is 0. The minimum absolute atomic E-state index is 0.0772. The Labute approximate surface area is 94.2 Å². The molecule has 0 saturated carbocycles. The third kappa shape index (κ3) is 6.67. The molecule has 0 bridgehead atoms. The Kier molecular flexibility index (Phi) is 9.97. The Morgan fingerprint density at radius 1 is 1.00 bits per heavy atom. The maximum atomic E-state index is 6.14. The highest BCUT2D eigenvalue weighted by Crippen LogP contribution is 2.19. The van der Waals surface area contributed by atoms with Crippen LogP contribution in [0, 0.1) is 5.92 Å². The van der Waals surface area contributed by atoms with Crippen LogP contribution in [0.4, 0.5) is 0 Å². The largest absolute Gasteiger partial charge is 0.362 e. The predicted octanol–water partition coefficient (Wildman–Crippen LogP) is 4.58. The first-order chi connectivity index (χ1) is 6.76. The van der Waals surface area contributed by atoms with Crippen molar-refractivity contribution in [2.45, 2.75) is 64.9 Å². The molecule has 0 aliphatic rings. The van der Waals surface area contributed by atoms with Crippen LogP contribution in [-0.2, 0) is 4.74 Å². The van der Waals surface area contributed by atoms with Gasteiger partial charge < -0.3 is 4.74 Å². The molecule has 0 aromatic rings. The Morgan fingerprint density at radius 3 is 2.14 bits per heavy atom. The van der Waals surface area contributed by atoms with Gasteiger partial charge in [0.2, 0.25) is 0 Å². The van der Waals surface area contributed by atoms with Crippen LogP contribution in [0.2, 0.25) is 0 Å². The SMILES string of the molecule is CCCCCCOC(Cl)C(CC)CC. The van der Waals surface area contributed by atoms with Gasteiger partial charge in [0.05, 0.1) is 0 Å². The summed E-state index contributed by atoms with van der Waals surface area (Å²) >= 11 is 6.14. The molecule has 0 heterocycles. The normalized spacial score (nSPS) is 13.5. The zero-order valence-electron chi connectivity index (χ0n) is 9.89. The van der Waals surface area contributed by atoms with Crippen molar-refractivity contribution in [2.75, 3.05) is 6.61 Å². The fourth-order valence-corrected chi connectivity index (χ4v) is 1.97. The standard InChI is InChI=1S/C12H25ClO/c1-4-7-8-9-10-14-12(13)11(5-2)6-3/h11-12H,4-10H2,1-3H3. The quantitative estimate of drug-likeness (QED) is 0.408. The first kappa shape index (κ1) is 14.2. The maximum absolute atomic E-state index is 6.14. The lowest BCUT2D eigenvalue weighted by Crippen LogP contribution is -2.17. The highest BCUT2D eigenvalue weighted by atomic mass is 35.5. The molecule has 0 aliphatic heterocycles. The second kappa shape index (κ2) is 9.79. The maximum Gasteiger partial charge on any atom is 0.133 e. The first-order valence-electron chi connectivity index (χ1n) is 6.01. The molecule has 0 aromatic carbocycles. The molecule has 0 spiro atoms. The molecule has 0 rings (SSSR count). The van der Waals surface area contributed by atoms with Gasteiger partial charge in [-0.15, -0.1) is 0 Å². The topological polar surface area (TPSA) is 9.23 Å². The molecular weight excluding hydrogens is 196 g/mol. The molecule has 0 N–H and O–H groups in total. The van der Waals surface area contributed by atoms with Gasteiger partial charge in [0.1, 0.15) is 5.56 Å². The van der Waals surface area contributed by atoms with Crippen molar-refractivity contribution < 1.29 is 4.74 Å². The lowest BCUT2D eigenvalue weighted by atomic mass is 10.1. The second-order valence-corrected chi connectivity index (χ2v) is 4.29. The van der Waals surface area contributed by atoms with E-state index < -0.39 is 0 Å². The van der Waals surface area contributed by atoms with Crippen molar-refractivity contribution in [3.8, 4) is 0 Å². The number of rotatable bonds is 9. The second-order valence-electron chi connectivity index (χ2n) is 3.86. The van der Waals surface area contributed by atoms with E-state index in [1.54, 1.807) is 0 Å². The molecule has 1 unspecified atom stereocenters. The molecule has 0 aliphatic carbocycles. The monoisotopic (exact) mass is 220 g/mol. The number of ether oxygens (including phenoxy) is 1. The smallest absolute Gasteiger partial charge is 0.133 e. The summed E-state index contributed by atoms with van der Waals surface area (Å²) in [6.45, 7) is 7.38. The van der Waals surface area contributed by atoms with Crippen molar-refractivity contribution in [2.24, 2.45) is 5.92 Å². The summed E-state index contributed by atoms with van der Waals surface area (Å²) in [5.41, 5.74) is -0.0772. The number of hydrogen-bond acceptors (Lipinski definition) is 1. The van der Waals surface area contributed by atoms with Crippen LogP contribution in [0.25, 0.3) is 0 Å². The van der Waals surface area contributed by atoms with E-state index in [1.165, 1.54) is 19.3 Å². The molecule has 1 nitrogen and oxygen atoms in total. The Hall–Kier alpha value is 0.250. The van der Waals surface area contributed by atoms with Gasteiger partial charge in [0.15, 0.2) is 0 Å². The summed E-state index contributed by atoms with van der Waals surface area (Å²) in [4.78, 5) is 0. The lowest BCUT2D eigenvalue weighted by molar-refractivity contribution is 0.0623. The first-order valence-corrected chi connectivity index (χ1v) is 6.45. The third-order valence-corrected chi connectivity index (χ3v) is 3.18. The van der Waals surface area contributed by atoms with Crippen molar-refractivity contribution in [3.63, 3.8) is 0 Å². The molecule has 2 heteroatoms. The van der Waals surface area contributed by atoms with Crippen molar-refractivity contribution in [1.82, 2.24) is 0 Å². The zero-order valence-corrected chi connectivity index (χ0v) is 10.6. The van der Waals surface area contributed by atoms with Crippen LogP contribution in [0.5, 0.6) is 0 Å². The highest BCUT2D eigenvalue weighted by molar-refractivity contribution is 6.19. The van der Waals surface area contributed by atoms with Crippen LogP contribution in [0.15, 0.2) is 0 Å². The van der Waals surface area contributed by atoms with Gasteiger partial charge in [-0.1, -0.05) is 51.6 Å². The minimum atomic E-state index is -0.0772. The van der Waals surface area contributed by atoms with Gasteiger partial charge in [0.25, 0.3) is 0 Å². The molecule has 14 heavy (non-hydrogen) atoms. The van der Waals surface area contributed by atoms with E-state index in [9.17, 15) is 0 Å². The molecule has 0 amide bonds. The summed E-state index contributed by atoms with van der Waals surface area (Å²) in [7, 11) is 0. The Morgan fingerprint density at radius 2 is 1.64 bits per heavy atom. The van der Waals surface area contributed by atoms with Crippen LogP contribution in [0.1, 0.15) is 59.3 Å². The summed E-state index contributed by atoms with van der Waals surface area (Å²) < 4.78 is 5.60. The molecule has 0 saturated heterocycles. The molecule has 1 atom stereocenters. The van der Waals surface area contributed by atoms with E-state index in [4.69, 9.17) is 16.3 Å². The highest BCUT2D eigenvalue weighted by Gasteiger charge is 2.15. The van der Waals surface area contributed by atoms with Gasteiger partial charge in [0, 0.05) is 6.61 Å². The van der Waals surface area contributed by atoms with E-state index in [0.717, 1.165) is 25.9 Å². The summed E-state index contributed by atoms with van der Waals surface area (Å²) in [6, 6.07) is 0. The average Bonchev–Trinajstić information content (AvgIpc) is 2.19. The van der Waals surface area contributed by atoms with E-state index in [-0.39, 0.29) is 5.56 Å². The van der Waals surface area contributed by atoms with Crippen LogP contribution in [0.3, 0.4) is 0 Å². The van der Waals surface area contributed by atoms with Crippen LogP contribution < -0.4 is 0 Å². The van der Waals surface area contributed by atoms with E-state index >= 15 is 0 Å². The van der Waals surface area contributed by atoms with Crippen molar-refractivity contribution >= 4 is 11.6 Å². The Bertz CT molecular complexity index is 113. The molecular formula is C12H25ClO. The number of alkyl halides is 1. The van der Waals surface area contributed by atoms with E-state index in [0.29, 0.717) is 5.92 Å². The van der Waals surface area contributed by atoms with Gasteiger partial charge in [-0.05, 0) is 25.2 Å². The van der Waals surface area contributed by atoms with Gasteiger partial charge in [-0.2, -0.15) is 0 Å². The van der Waals surface area contributed by atoms with Gasteiger partial charge >= 0.3 is 0 Å². The fraction of sp³-hybridized carbons (Fsp3) is 1.00. The predicted molar refractivity (Wildman–Crippen MR) is 63.8 cm³/mol. The van der Waals surface area contributed by atoms with Crippen LogP contribution >= 0.6 is 11.6 Å². The minimum Gasteiger partial charge on any atom is -0.362 e. The third-order valence-electron chi connectivity index (χ3n) is 2.69. The molecule has 0 fully saturated rings. The summed E-state index contributed by atoms with van der Waals surface area (Å²) in [6.07, 6.45) is 7.22. The van der Waals surface area contributed by atoms with E-state index in [1.807, 2.05) is 0 Å². The number of halogens is 1. The van der Waals surface area contributed by atoms with Crippen LogP contribution in [-0.4, -0.2) is 12.2 Å². The number of hydrogen-bond donors (Lipinski definition) is 0. The number of unbranched alkanes of at least 4 members (excludes halogenated alkanes) is 3. The zero-order chi connectivity index (χ0) is 10.8. The molecule has 0 aromatic heterocycles. The molecule has 0 radical (unpaired) electrons. The summed E-state index contributed by atoms with van der Waals surface area (Å²) in [5.74, 6) is 0.517. The lowest BCUT2D eigenvalue weighted by Gasteiger charge is -2.19. The Balaban J connectivity index is 3.37. The van der Waals surface area contributed by atoms with Gasteiger partial charge in [-0.3, -0.25) is 0 Å². The average molecular weight is 221 g/mol. The fourth-order valence-electron chi connectivity index (χ4n) is 1.52. The van der Waals surface area contributed by atoms with Crippen molar-refractivity contribution in [1.29, 1.82) is 0 Å². The van der Waals surface area contributed by atoms with E-state index in [2.05, 4.69) is 20.8 Å². The van der Waals surface area contributed by atoms with Crippen molar-refractivity contribution in [3.05, 3.63) is 0 Å². The van der Waals surface area contributed by atoms with Gasteiger partial charge in [-0.25, -0.2) is 0 Å².